The molecular formula is C14H8FN3O4. The van der Waals surface area contributed by atoms with E-state index < -0.39 is 17.8 Å². The lowest BCUT2D eigenvalue weighted by atomic mass is 10.1. The summed E-state index contributed by atoms with van der Waals surface area (Å²) in [5, 5.41) is 22.1. The van der Waals surface area contributed by atoms with Gasteiger partial charge in [0.15, 0.2) is 11.3 Å². The van der Waals surface area contributed by atoms with Crippen LogP contribution >= 0.6 is 0 Å². The number of carbonyl (C=O) groups is 2. The van der Waals surface area contributed by atoms with Crippen LogP contribution in [-0.4, -0.2) is 36.7 Å². The highest BCUT2D eigenvalue weighted by molar-refractivity contribution is 5.96. The van der Waals surface area contributed by atoms with Gasteiger partial charge in [-0.2, -0.15) is 5.10 Å². The van der Waals surface area contributed by atoms with Gasteiger partial charge in [0.2, 0.25) is 0 Å². The predicted molar refractivity (Wildman–Crippen MR) is 72.3 cm³/mol. The Balaban J connectivity index is 2.31. The van der Waals surface area contributed by atoms with Gasteiger partial charge in [0.05, 0.1) is 11.9 Å². The highest BCUT2D eigenvalue weighted by Crippen LogP contribution is 2.21. The lowest BCUT2D eigenvalue weighted by molar-refractivity contribution is 0.0678. The summed E-state index contributed by atoms with van der Waals surface area (Å²) in [4.78, 5) is 26.6. The maximum absolute atomic E-state index is 13.0. The van der Waals surface area contributed by atoms with Crippen molar-refractivity contribution in [3.8, 4) is 11.3 Å². The molecule has 0 saturated carbocycles. The third-order valence-electron chi connectivity index (χ3n) is 3.06. The van der Waals surface area contributed by atoms with Crippen LogP contribution in [0.3, 0.4) is 0 Å². The lowest BCUT2D eigenvalue weighted by Gasteiger charge is -2.05. The lowest BCUT2D eigenvalue weighted by Crippen LogP contribution is -2.09. The molecule has 3 rings (SSSR count). The monoisotopic (exact) mass is 301 g/mol. The number of carboxylic acid groups (broad SMARTS) is 2. The Morgan fingerprint density at radius 2 is 1.77 bits per heavy atom. The number of rotatable bonds is 3. The Labute approximate surface area is 122 Å². The first kappa shape index (κ1) is 13.7. The summed E-state index contributed by atoms with van der Waals surface area (Å²) in [6.45, 7) is 0. The molecule has 1 aromatic carbocycles. The van der Waals surface area contributed by atoms with E-state index in [0.29, 0.717) is 5.56 Å². The molecule has 0 aliphatic rings. The molecule has 0 aliphatic heterocycles. The molecular weight excluding hydrogens is 293 g/mol. The van der Waals surface area contributed by atoms with E-state index in [-0.39, 0.29) is 22.6 Å². The standard InChI is InChI=1S/C14H8FN3O4/c15-8-3-1-7(2-4-8)10-5-11(14(21)22)18-12(17-10)9(6-16-18)13(19)20/h1-6H,(H,19,20)(H,21,22). The number of hydrogen-bond acceptors (Lipinski definition) is 4. The van der Waals surface area contributed by atoms with Crippen LogP contribution < -0.4 is 0 Å². The summed E-state index contributed by atoms with van der Waals surface area (Å²) in [5.41, 5.74) is 0.131. The van der Waals surface area contributed by atoms with Gasteiger partial charge < -0.3 is 10.2 Å². The zero-order valence-corrected chi connectivity index (χ0v) is 10.9. The molecule has 0 atom stereocenters. The molecule has 2 heterocycles. The molecule has 0 saturated heterocycles. The van der Waals surface area contributed by atoms with Crippen molar-refractivity contribution in [1.29, 1.82) is 0 Å². The van der Waals surface area contributed by atoms with E-state index in [9.17, 15) is 19.1 Å². The zero-order valence-electron chi connectivity index (χ0n) is 10.9. The van der Waals surface area contributed by atoms with Crippen LogP contribution in [0.1, 0.15) is 20.8 Å². The largest absolute Gasteiger partial charge is 0.477 e. The Morgan fingerprint density at radius 3 is 2.36 bits per heavy atom. The first-order valence-corrected chi connectivity index (χ1v) is 6.08. The maximum atomic E-state index is 13.0. The summed E-state index contributed by atoms with van der Waals surface area (Å²) in [5.74, 6) is -3.00. The average Bonchev–Trinajstić information content (AvgIpc) is 2.90. The quantitative estimate of drug-likeness (QED) is 0.766. The normalized spacial score (nSPS) is 10.8. The van der Waals surface area contributed by atoms with Gasteiger partial charge in [-0.3, -0.25) is 0 Å². The van der Waals surface area contributed by atoms with Crippen LogP contribution in [0.4, 0.5) is 4.39 Å². The van der Waals surface area contributed by atoms with Crippen LogP contribution in [-0.2, 0) is 0 Å². The molecule has 0 radical (unpaired) electrons. The number of carboxylic acids is 2. The average molecular weight is 301 g/mol. The van der Waals surface area contributed by atoms with Gasteiger partial charge in [0, 0.05) is 5.56 Å². The molecule has 22 heavy (non-hydrogen) atoms. The second-order valence-corrected chi connectivity index (χ2v) is 4.44. The Kier molecular flexibility index (Phi) is 3.06. The molecule has 7 nitrogen and oxygen atoms in total. The SMILES string of the molecule is O=C(O)c1cnn2c(C(=O)O)cc(-c3ccc(F)cc3)nc12. The van der Waals surface area contributed by atoms with Gasteiger partial charge in [0.1, 0.15) is 11.4 Å². The van der Waals surface area contributed by atoms with Crippen molar-refractivity contribution >= 4 is 17.6 Å². The van der Waals surface area contributed by atoms with E-state index in [1.807, 2.05) is 0 Å². The van der Waals surface area contributed by atoms with Crippen molar-refractivity contribution in [2.75, 3.05) is 0 Å². The fourth-order valence-electron chi connectivity index (χ4n) is 2.03. The van der Waals surface area contributed by atoms with Gasteiger partial charge in [-0.05, 0) is 30.3 Å². The highest BCUT2D eigenvalue weighted by atomic mass is 19.1. The fourth-order valence-corrected chi connectivity index (χ4v) is 2.03. The molecule has 0 bridgehead atoms. The minimum Gasteiger partial charge on any atom is -0.477 e. The van der Waals surface area contributed by atoms with E-state index in [2.05, 4.69) is 10.1 Å². The van der Waals surface area contributed by atoms with E-state index in [1.165, 1.54) is 30.3 Å². The zero-order chi connectivity index (χ0) is 15.9. The number of hydrogen-bond donors (Lipinski definition) is 2. The van der Waals surface area contributed by atoms with Crippen LogP contribution in [0, 0.1) is 5.82 Å². The van der Waals surface area contributed by atoms with Gasteiger partial charge in [-0.15, -0.1) is 0 Å². The van der Waals surface area contributed by atoms with E-state index >= 15 is 0 Å². The minimum atomic E-state index is -1.28. The molecule has 0 fully saturated rings. The van der Waals surface area contributed by atoms with Crippen LogP contribution in [0.15, 0.2) is 36.5 Å². The highest BCUT2D eigenvalue weighted by Gasteiger charge is 2.19. The number of aromatic nitrogens is 3. The van der Waals surface area contributed by atoms with Crippen LogP contribution in [0.5, 0.6) is 0 Å². The van der Waals surface area contributed by atoms with Crippen molar-refractivity contribution in [1.82, 2.24) is 14.6 Å². The second kappa shape index (κ2) is 4.92. The smallest absolute Gasteiger partial charge is 0.354 e. The Bertz CT molecular complexity index is 902. The Hall–Kier alpha value is -3.29. The second-order valence-electron chi connectivity index (χ2n) is 4.44. The van der Waals surface area contributed by atoms with Crippen molar-refractivity contribution in [3.63, 3.8) is 0 Å². The van der Waals surface area contributed by atoms with E-state index in [0.717, 1.165) is 10.7 Å². The van der Waals surface area contributed by atoms with Crippen molar-refractivity contribution in [2.24, 2.45) is 0 Å². The summed E-state index contributed by atoms with van der Waals surface area (Å²) >= 11 is 0. The first-order valence-electron chi connectivity index (χ1n) is 6.08. The predicted octanol–water partition coefficient (Wildman–Crippen LogP) is 1.93. The minimum absolute atomic E-state index is 0.0910. The topological polar surface area (TPSA) is 105 Å². The molecule has 110 valence electrons. The fraction of sp³-hybridized carbons (Fsp3) is 0. The molecule has 2 aromatic heterocycles. The number of aromatic carboxylic acids is 2. The summed E-state index contributed by atoms with van der Waals surface area (Å²) in [6.07, 6.45) is 1.03. The summed E-state index contributed by atoms with van der Waals surface area (Å²) in [7, 11) is 0. The molecule has 0 amide bonds. The summed E-state index contributed by atoms with van der Waals surface area (Å²) < 4.78 is 13.9. The van der Waals surface area contributed by atoms with Crippen LogP contribution in [0.25, 0.3) is 16.9 Å². The summed E-state index contributed by atoms with van der Waals surface area (Å²) in [6, 6.07) is 6.51. The molecule has 0 aliphatic carbocycles. The maximum Gasteiger partial charge on any atom is 0.354 e. The number of benzene rings is 1. The third-order valence-corrected chi connectivity index (χ3v) is 3.06. The number of fused-ring (bicyclic) bond motifs is 1. The van der Waals surface area contributed by atoms with Gasteiger partial charge in [-0.1, -0.05) is 0 Å². The van der Waals surface area contributed by atoms with Crippen LogP contribution in [0.2, 0.25) is 0 Å². The van der Waals surface area contributed by atoms with Gasteiger partial charge in [0.25, 0.3) is 0 Å². The van der Waals surface area contributed by atoms with Crippen molar-refractivity contribution < 1.29 is 24.2 Å². The molecule has 3 aromatic rings. The molecule has 2 N–H and O–H groups in total. The van der Waals surface area contributed by atoms with E-state index in [1.54, 1.807) is 0 Å². The van der Waals surface area contributed by atoms with Crippen molar-refractivity contribution in [3.05, 3.63) is 53.6 Å². The molecule has 0 spiro atoms. The number of halogens is 1. The molecule has 8 heteroatoms. The third kappa shape index (κ3) is 2.16. The van der Waals surface area contributed by atoms with Crippen molar-refractivity contribution in [2.45, 2.75) is 0 Å². The first-order chi connectivity index (χ1) is 10.5. The molecule has 0 unspecified atom stereocenters. The van der Waals surface area contributed by atoms with Gasteiger partial charge >= 0.3 is 11.9 Å². The number of nitrogens with zero attached hydrogens (tertiary/aromatic N) is 3. The van der Waals surface area contributed by atoms with Gasteiger partial charge in [-0.25, -0.2) is 23.5 Å². The van der Waals surface area contributed by atoms with E-state index in [4.69, 9.17) is 5.11 Å². The Morgan fingerprint density at radius 1 is 1.09 bits per heavy atom.